The number of methoxy groups -OCH3 is 2. The molecule has 0 spiro atoms. The minimum atomic E-state index is -0.297. The lowest BCUT2D eigenvalue weighted by Gasteiger charge is -2.43. The van der Waals surface area contributed by atoms with E-state index in [0.29, 0.717) is 0 Å². The Morgan fingerprint density at radius 3 is 2.15 bits per heavy atom. The summed E-state index contributed by atoms with van der Waals surface area (Å²) in [4.78, 5) is 2.63. The second-order valence-corrected chi connectivity index (χ2v) is 9.30. The zero-order valence-corrected chi connectivity index (χ0v) is 19.9. The second-order valence-electron chi connectivity index (χ2n) is 9.30. The average molecular weight is 456 g/mol. The minimum Gasteiger partial charge on any atom is -0.493 e. The largest absolute Gasteiger partial charge is 0.493 e. The maximum Gasteiger partial charge on any atom is 0.161 e. The number of aliphatic hydroxyl groups is 1. The molecular formula is C30H33NO3. The maximum atomic E-state index is 10.7. The lowest BCUT2D eigenvalue weighted by atomic mass is 9.65. The van der Waals surface area contributed by atoms with Crippen LogP contribution in [0.1, 0.15) is 35.6 Å². The Hall–Kier alpha value is -3.08. The molecule has 1 heterocycles. The number of hydrogen-bond donors (Lipinski definition) is 1. The highest BCUT2D eigenvalue weighted by Crippen LogP contribution is 2.53. The van der Waals surface area contributed by atoms with E-state index in [1.165, 1.54) is 16.7 Å². The summed E-state index contributed by atoms with van der Waals surface area (Å²) in [5, 5.41) is 10.7. The van der Waals surface area contributed by atoms with E-state index in [9.17, 15) is 5.11 Å². The molecule has 1 aliphatic heterocycles. The molecule has 4 heteroatoms. The summed E-state index contributed by atoms with van der Waals surface area (Å²) in [6.07, 6.45) is 6.72. The fourth-order valence-electron chi connectivity index (χ4n) is 6.23. The normalized spacial score (nSPS) is 24.2. The van der Waals surface area contributed by atoms with E-state index in [1.807, 2.05) is 6.07 Å². The molecule has 34 heavy (non-hydrogen) atoms. The molecular weight excluding hydrogens is 422 g/mol. The Kier molecular flexibility index (Phi) is 6.44. The lowest BCUT2D eigenvalue weighted by molar-refractivity contribution is 0.168. The van der Waals surface area contributed by atoms with Crippen molar-refractivity contribution >= 4 is 0 Å². The molecule has 0 amide bonds. The zero-order chi connectivity index (χ0) is 23.5. The van der Waals surface area contributed by atoms with E-state index in [2.05, 4.69) is 89.8 Å². The number of fused-ring (bicyclic) bond motifs is 1. The van der Waals surface area contributed by atoms with Gasteiger partial charge in [0.05, 0.1) is 20.3 Å². The van der Waals surface area contributed by atoms with Crippen LogP contribution in [0.4, 0.5) is 0 Å². The maximum absolute atomic E-state index is 10.7. The van der Waals surface area contributed by atoms with Crippen molar-refractivity contribution in [2.75, 3.05) is 27.4 Å². The first-order chi connectivity index (χ1) is 16.7. The van der Waals surface area contributed by atoms with Gasteiger partial charge in [0, 0.05) is 30.5 Å². The van der Waals surface area contributed by atoms with Crippen LogP contribution in [-0.4, -0.2) is 43.4 Å². The van der Waals surface area contributed by atoms with Crippen LogP contribution in [0.2, 0.25) is 0 Å². The number of hydrogen-bond acceptors (Lipinski definition) is 4. The minimum absolute atomic E-state index is 0.0714. The smallest absolute Gasteiger partial charge is 0.161 e. The van der Waals surface area contributed by atoms with E-state index >= 15 is 0 Å². The van der Waals surface area contributed by atoms with Crippen LogP contribution in [0.5, 0.6) is 11.5 Å². The van der Waals surface area contributed by atoms with E-state index in [-0.39, 0.29) is 30.0 Å². The fourth-order valence-corrected chi connectivity index (χ4v) is 6.23. The highest BCUT2D eigenvalue weighted by molar-refractivity contribution is 5.50. The van der Waals surface area contributed by atoms with Crippen LogP contribution in [0.25, 0.3) is 0 Å². The van der Waals surface area contributed by atoms with Crippen LogP contribution >= 0.6 is 0 Å². The molecule has 1 saturated heterocycles. The van der Waals surface area contributed by atoms with Crippen molar-refractivity contribution in [1.29, 1.82) is 0 Å². The molecule has 3 atom stereocenters. The van der Waals surface area contributed by atoms with E-state index < -0.39 is 0 Å². The number of benzene rings is 3. The predicted octanol–water partition coefficient (Wildman–Crippen LogP) is 5.37. The van der Waals surface area contributed by atoms with Gasteiger partial charge in [-0.25, -0.2) is 0 Å². The molecule has 3 aromatic rings. The summed E-state index contributed by atoms with van der Waals surface area (Å²) in [5.74, 6) is 1.52. The quantitative estimate of drug-likeness (QED) is 0.486. The van der Waals surface area contributed by atoms with E-state index in [0.717, 1.165) is 30.9 Å². The SMILES string of the molecule is COc1ccc([C@@]23C=CCC[C@@H]2N(C(c2ccccc2)c2ccccc2)C[C@@H]3CO)cc1OC. The number of aliphatic hydroxyl groups excluding tert-OH is 1. The number of ether oxygens (including phenoxy) is 2. The van der Waals surface area contributed by atoms with Gasteiger partial charge in [-0.1, -0.05) is 78.9 Å². The number of nitrogens with zero attached hydrogens (tertiary/aromatic N) is 1. The van der Waals surface area contributed by atoms with Crippen LogP contribution in [0.15, 0.2) is 91.0 Å². The second kappa shape index (κ2) is 9.65. The van der Waals surface area contributed by atoms with Gasteiger partial charge in [0.25, 0.3) is 0 Å². The van der Waals surface area contributed by atoms with Crippen LogP contribution in [0.3, 0.4) is 0 Å². The lowest BCUT2D eigenvalue weighted by Crippen LogP contribution is -2.46. The predicted molar refractivity (Wildman–Crippen MR) is 135 cm³/mol. The molecule has 0 unspecified atom stereocenters. The van der Waals surface area contributed by atoms with Crippen molar-refractivity contribution in [3.8, 4) is 11.5 Å². The molecule has 2 aliphatic rings. The molecule has 0 radical (unpaired) electrons. The summed E-state index contributed by atoms with van der Waals surface area (Å²) in [6.45, 7) is 0.941. The Bertz CT molecular complexity index is 1090. The van der Waals surface area contributed by atoms with Gasteiger partial charge in [-0.3, -0.25) is 4.90 Å². The summed E-state index contributed by atoms with van der Waals surface area (Å²) in [5.41, 5.74) is 3.44. The van der Waals surface area contributed by atoms with Crippen molar-refractivity contribution in [2.45, 2.75) is 30.3 Å². The van der Waals surface area contributed by atoms with E-state index in [4.69, 9.17) is 9.47 Å². The third-order valence-electron chi connectivity index (χ3n) is 7.73. The van der Waals surface area contributed by atoms with Gasteiger partial charge in [0.2, 0.25) is 0 Å². The number of allylic oxidation sites excluding steroid dienone is 1. The summed E-state index contributed by atoms with van der Waals surface area (Å²) < 4.78 is 11.2. The van der Waals surface area contributed by atoms with Gasteiger partial charge >= 0.3 is 0 Å². The molecule has 0 bridgehead atoms. The molecule has 0 saturated carbocycles. The molecule has 1 fully saturated rings. The van der Waals surface area contributed by atoms with Gasteiger partial charge < -0.3 is 14.6 Å². The van der Waals surface area contributed by atoms with Crippen molar-refractivity contribution in [3.05, 3.63) is 108 Å². The summed E-state index contributed by atoms with van der Waals surface area (Å²) in [6, 6.07) is 28.1. The molecule has 1 N–H and O–H groups in total. The van der Waals surface area contributed by atoms with Crippen molar-refractivity contribution in [3.63, 3.8) is 0 Å². The van der Waals surface area contributed by atoms with Gasteiger partial charge in [0.1, 0.15) is 0 Å². The standard InChI is InChI=1S/C30H33NO3/c1-33-26-17-16-24(19-27(26)34-2)30-18-10-9-15-28(30)31(20-25(30)21-32)29(22-11-5-3-6-12-22)23-13-7-4-8-14-23/h3-8,10-14,16-19,25,28-29,32H,9,15,20-21H2,1-2H3/t25-,28+,30-/m1/s1. The molecule has 5 rings (SSSR count). The Morgan fingerprint density at radius 2 is 1.56 bits per heavy atom. The van der Waals surface area contributed by atoms with Gasteiger partial charge in [-0.2, -0.15) is 0 Å². The molecule has 1 aliphatic carbocycles. The van der Waals surface area contributed by atoms with Crippen molar-refractivity contribution < 1.29 is 14.6 Å². The van der Waals surface area contributed by atoms with Crippen LogP contribution in [-0.2, 0) is 5.41 Å². The zero-order valence-electron chi connectivity index (χ0n) is 19.9. The van der Waals surface area contributed by atoms with Crippen LogP contribution < -0.4 is 9.47 Å². The molecule has 4 nitrogen and oxygen atoms in total. The van der Waals surface area contributed by atoms with Gasteiger partial charge in [0.15, 0.2) is 11.5 Å². The Balaban J connectivity index is 1.66. The van der Waals surface area contributed by atoms with Crippen molar-refractivity contribution in [1.82, 2.24) is 4.90 Å². The summed E-state index contributed by atoms with van der Waals surface area (Å²) >= 11 is 0. The van der Waals surface area contributed by atoms with Gasteiger partial charge in [-0.15, -0.1) is 0 Å². The topological polar surface area (TPSA) is 41.9 Å². The van der Waals surface area contributed by atoms with Gasteiger partial charge in [-0.05, 0) is 41.7 Å². The Morgan fingerprint density at radius 1 is 0.912 bits per heavy atom. The first-order valence-corrected chi connectivity index (χ1v) is 12.1. The third-order valence-corrected chi connectivity index (χ3v) is 7.73. The van der Waals surface area contributed by atoms with E-state index in [1.54, 1.807) is 14.2 Å². The number of rotatable bonds is 7. The molecule has 0 aromatic heterocycles. The monoisotopic (exact) mass is 455 g/mol. The molecule has 176 valence electrons. The average Bonchev–Trinajstić information content (AvgIpc) is 3.25. The summed E-state index contributed by atoms with van der Waals surface area (Å²) in [7, 11) is 3.34. The Labute approximate surface area is 202 Å². The third kappa shape index (κ3) is 3.71. The number of likely N-dealkylation sites (tertiary alicyclic amines) is 1. The fraction of sp³-hybridized carbons (Fsp3) is 0.333. The van der Waals surface area contributed by atoms with Crippen LogP contribution in [0, 0.1) is 5.92 Å². The van der Waals surface area contributed by atoms with Crippen molar-refractivity contribution in [2.24, 2.45) is 5.92 Å². The highest BCUT2D eigenvalue weighted by atomic mass is 16.5. The highest BCUT2D eigenvalue weighted by Gasteiger charge is 2.55. The first kappa shape index (κ1) is 22.7. The first-order valence-electron chi connectivity index (χ1n) is 12.1. The molecule has 3 aromatic carbocycles.